The number of para-hydroxylation sites is 2. The average molecular weight is 461 g/mol. The summed E-state index contributed by atoms with van der Waals surface area (Å²) < 4.78 is 12.4. The first-order valence-electron chi connectivity index (χ1n) is 9.42. The summed E-state index contributed by atoms with van der Waals surface area (Å²) in [6.07, 6.45) is 0. The summed E-state index contributed by atoms with van der Waals surface area (Å²) in [6.45, 7) is 2.77. The minimum absolute atomic E-state index is 0.0962. The van der Waals surface area contributed by atoms with Crippen molar-refractivity contribution in [2.45, 2.75) is 25.2 Å². The van der Waals surface area contributed by atoms with Gasteiger partial charge in [0.25, 0.3) is 0 Å². The third-order valence-corrected chi connectivity index (χ3v) is 5.52. The van der Waals surface area contributed by atoms with E-state index in [1.807, 2.05) is 23.6 Å². The van der Waals surface area contributed by atoms with E-state index in [2.05, 4.69) is 15.5 Å². The molecule has 8 nitrogen and oxygen atoms in total. The topological polar surface area (TPSA) is 95.3 Å². The van der Waals surface area contributed by atoms with E-state index < -0.39 is 5.97 Å². The summed E-state index contributed by atoms with van der Waals surface area (Å²) in [5.41, 5.74) is 0.685. The number of nitrogens with zero attached hydrogens (tertiary/aromatic N) is 3. The van der Waals surface area contributed by atoms with Crippen molar-refractivity contribution in [2.24, 2.45) is 0 Å². The Hall–Kier alpha value is -3.04. The Bertz CT molecular complexity index is 1070. The van der Waals surface area contributed by atoms with E-state index in [9.17, 15) is 9.59 Å². The standard InChI is InChI=1S/C21H21ClN4O4S/c1-3-26-18(12-30-17-11-7-5-9-15(17)22)24-25-21(26)31-13-19(27)23-16-10-6-4-8-14(16)20(28)29-2/h4-11H,3,12-13H2,1-2H3,(H,23,27). The zero-order valence-electron chi connectivity index (χ0n) is 17.0. The zero-order chi connectivity index (χ0) is 22.2. The number of ether oxygens (including phenoxy) is 2. The molecule has 162 valence electrons. The van der Waals surface area contributed by atoms with Gasteiger partial charge < -0.3 is 19.4 Å². The predicted molar refractivity (Wildman–Crippen MR) is 119 cm³/mol. The number of carbonyl (C=O) groups is 2. The van der Waals surface area contributed by atoms with Crippen LogP contribution in [0.1, 0.15) is 23.1 Å². The number of halogens is 1. The fourth-order valence-corrected chi connectivity index (χ4v) is 3.76. The first-order chi connectivity index (χ1) is 15.0. The van der Waals surface area contributed by atoms with Gasteiger partial charge in [0.15, 0.2) is 11.0 Å². The van der Waals surface area contributed by atoms with Gasteiger partial charge in [-0.2, -0.15) is 0 Å². The number of carbonyl (C=O) groups excluding carboxylic acids is 2. The number of amides is 1. The fourth-order valence-electron chi connectivity index (χ4n) is 2.75. The van der Waals surface area contributed by atoms with Gasteiger partial charge in [-0.15, -0.1) is 10.2 Å². The van der Waals surface area contributed by atoms with Crippen LogP contribution in [0.15, 0.2) is 53.7 Å². The number of anilines is 1. The highest BCUT2D eigenvalue weighted by Gasteiger charge is 2.16. The number of hydrogen-bond acceptors (Lipinski definition) is 7. The molecule has 1 heterocycles. The summed E-state index contributed by atoms with van der Waals surface area (Å²) in [4.78, 5) is 24.3. The van der Waals surface area contributed by atoms with E-state index in [0.717, 1.165) is 0 Å². The van der Waals surface area contributed by atoms with Gasteiger partial charge in [-0.3, -0.25) is 4.79 Å². The van der Waals surface area contributed by atoms with Gasteiger partial charge in [0.1, 0.15) is 12.4 Å². The molecule has 10 heteroatoms. The number of nitrogens with one attached hydrogen (secondary N) is 1. The van der Waals surface area contributed by atoms with Crippen molar-refractivity contribution in [2.75, 3.05) is 18.2 Å². The maximum atomic E-state index is 12.4. The Balaban J connectivity index is 1.61. The van der Waals surface area contributed by atoms with Gasteiger partial charge in [-0.05, 0) is 31.2 Å². The molecule has 0 saturated carbocycles. The number of methoxy groups -OCH3 is 1. The van der Waals surface area contributed by atoms with Crippen LogP contribution in [0.4, 0.5) is 5.69 Å². The van der Waals surface area contributed by atoms with Gasteiger partial charge in [0.05, 0.1) is 29.1 Å². The Labute approximate surface area is 188 Å². The highest BCUT2D eigenvalue weighted by atomic mass is 35.5. The van der Waals surface area contributed by atoms with Crippen LogP contribution in [0.3, 0.4) is 0 Å². The second kappa shape index (κ2) is 10.8. The van der Waals surface area contributed by atoms with Gasteiger partial charge in [0.2, 0.25) is 5.91 Å². The third kappa shape index (κ3) is 5.77. The van der Waals surface area contributed by atoms with Gasteiger partial charge in [0, 0.05) is 6.54 Å². The summed E-state index contributed by atoms with van der Waals surface area (Å²) in [7, 11) is 1.29. The lowest BCUT2D eigenvalue weighted by Gasteiger charge is -2.11. The second-order valence-corrected chi connectivity index (χ2v) is 7.59. The molecule has 0 atom stereocenters. The lowest BCUT2D eigenvalue weighted by Crippen LogP contribution is -2.17. The molecule has 2 aromatic carbocycles. The van der Waals surface area contributed by atoms with Crippen molar-refractivity contribution in [3.05, 3.63) is 64.9 Å². The Kier molecular flexibility index (Phi) is 7.91. The van der Waals surface area contributed by atoms with Gasteiger partial charge in [-0.25, -0.2) is 4.79 Å². The molecular formula is C21H21ClN4O4S. The molecule has 0 fully saturated rings. The molecule has 0 spiro atoms. The van der Waals surface area contributed by atoms with Crippen molar-refractivity contribution >= 4 is 40.9 Å². The molecule has 0 aliphatic carbocycles. The lowest BCUT2D eigenvalue weighted by atomic mass is 10.2. The second-order valence-electron chi connectivity index (χ2n) is 6.24. The van der Waals surface area contributed by atoms with Crippen molar-refractivity contribution in [3.63, 3.8) is 0 Å². The summed E-state index contributed by atoms with van der Waals surface area (Å²) in [5, 5.41) is 12.2. The highest BCUT2D eigenvalue weighted by molar-refractivity contribution is 7.99. The lowest BCUT2D eigenvalue weighted by molar-refractivity contribution is -0.113. The third-order valence-electron chi connectivity index (χ3n) is 4.24. The SMILES string of the molecule is CCn1c(COc2ccccc2Cl)nnc1SCC(=O)Nc1ccccc1C(=O)OC. The van der Waals surface area contributed by atoms with Crippen molar-refractivity contribution in [1.82, 2.24) is 14.8 Å². The maximum absolute atomic E-state index is 12.4. The molecule has 1 amide bonds. The molecule has 0 saturated heterocycles. The number of rotatable bonds is 9. The maximum Gasteiger partial charge on any atom is 0.339 e. The van der Waals surface area contributed by atoms with Crippen LogP contribution in [0.5, 0.6) is 5.75 Å². The first kappa shape index (κ1) is 22.6. The van der Waals surface area contributed by atoms with E-state index >= 15 is 0 Å². The predicted octanol–water partition coefficient (Wildman–Crippen LogP) is 4.05. The molecule has 0 radical (unpaired) electrons. The van der Waals surface area contributed by atoms with E-state index in [0.29, 0.717) is 39.5 Å². The largest absolute Gasteiger partial charge is 0.484 e. The van der Waals surface area contributed by atoms with Crippen LogP contribution in [-0.2, 0) is 22.7 Å². The minimum atomic E-state index is -0.516. The molecule has 0 unspecified atom stereocenters. The molecule has 1 N–H and O–H groups in total. The minimum Gasteiger partial charge on any atom is -0.484 e. The van der Waals surface area contributed by atoms with Crippen molar-refractivity contribution in [1.29, 1.82) is 0 Å². The van der Waals surface area contributed by atoms with Crippen molar-refractivity contribution < 1.29 is 19.1 Å². The van der Waals surface area contributed by atoms with Crippen LogP contribution < -0.4 is 10.1 Å². The molecule has 0 aliphatic rings. The van der Waals surface area contributed by atoms with Crippen LogP contribution in [0, 0.1) is 0 Å². The summed E-state index contributed by atoms with van der Waals surface area (Å²) in [5.74, 6) is 0.492. The van der Waals surface area contributed by atoms with Crippen LogP contribution in [0.2, 0.25) is 5.02 Å². The monoisotopic (exact) mass is 460 g/mol. The van der Waals surface area contributed by atoms with Crippen molar-refractivity contribution in [3.8, 4) is 5.75 Å². The Morgan fingerprint density at radius 1 is 1.13 bits per heavy atom. The van der Waals surface area contributed by atoms with E-state index in [1.165, 1.54) is 18.9 Å². The van der Waals surface area contributed by atoms with Crippen LogP contribution in [-0.4, -0.2) is 39.5 Å². The van der Waals surface area contributed by atoms with E-state index in [4.69, 9.17) is 21.1 Å². The number of aromatic nitrogens is 3. The molecule has 3 aromatic rings. The summed E-state index contributed by atoms with van der Waals surface area (Å²) in [6, 6.07) is 13.9. The molecular weight excluding hydrogens is 440 g/mol. The average Bonchev–Trinajstić information content (AvgIpc) is 3.18. The van der Waals surface area contributed by atoms with Crippen LogP contribution in [0.25, 0.3) is 0 Å². The normalized spacial score (nSPS) is 10.5. The zero-order valence-corrected chi connectivity index (χ0v) is 18.6. The number of esters is 1. The van der Waals surface area contributed by atoms with Gasteiger partial charge in [-0.1, -0.05) is 47.6 Å². The summed E-state index contributed by atoms with van der Waals surface area (Å²) >= 11 is 7.36. The van der Waals surface area contributed by atoms with E-state index in [-0.39, 0.29) is 18.3 Å². The first-order valence-corrected chi connectivity index (χ1v) is 10.8. The molecule has 1 aromatic heterocycles. The number of hydrogen-bond donors (Lipinski definition) is 1. The molecule has 0 bridgehead atoms. The van der Waals surface area contributed by atoms with E-state index in [1.54, 1.807) is 36.4 Å². The molecule has 0 aliphatic heterocycles. The number of thioether (sulfide) groups is 1. The Morgan fingerprint density at radius 2 is 1.87 bits per heavy atom. The fraction of sp³-hybridized carbons (Fsp3) is 0.238. The quantitative estimate of drug-likeness (QED) is 0.380. The van der Waals surface area contributed by atoms with Gasteiger partial charge >= 0.3 is 5.97 Å². The number of benzene rings is 2. The smallest absolute Gasteiger partial charge is 0.339 e. The Morgan fingerprint density at radius 3 is 2.61 bits per heavy atom. The molecule has 3 rings (SSSR count). The highest BCUT2D eigenvalue weighted by Crippen LogP contribution is 2.25. The van der Waals surface area contributed by atoms with Crippen LogP contribution >= 0.6 is 23.4 Å². The molecule has 31 heavy (non-hydrogen) atoms.